The van der Waals surface area contributed by atoms with E-state index in [9.17, 15) is 31.1 Å². The number of nitrogens with one attached hydrogen (secondary N) is 2. The van der Waals surface area contributed by atoms with Crippen LogP contribution in [0.1, 0.15) is 36.8 Å². The predicted molar refractivity (Wildman–Crippen MR) is 137 cm³/mol. The van der Waals surface area contributed by atoms with Crippen molar-refractivity contribution in [2.24, 2.45) is 0 Å². The highest BCUT2D eigenvalue weighted by atomic mass is 19.4. The van der Waals surface area contributed by atoms with Crippen LogP contribution in [0.15, 0.2) is 42.5 Å². The average Bonchev–Trinajstić information content (AvgIpc) is 3.24. The lowest BCUT2D eigenvalue weighted by atomic mass is 9.65. The first-order valence-corrected chi connectivity index (χ1v) is 12.6. The maximum atomic E-state index is 13.0. The molecule has 41 heavy (non-hydrogen) atoms. The van der Waals surface area contributed by atoms with Gasteiger partial charge in [-0.3, -0.25) is 0 Å². The summed E-state index contributed by atoms with van der Waals surface area (Å²) >= 11 is 0. The molecular weight excluding hydrogens is 560 g/mol. The number of benzene rings is 2. The fraction of sp³-hybridized carbons (Fsp3) is 0.481. The lowest BCUT2D eigenvalue weighted by Crippen LogP contribution is -2.52. The molecule has 0 spiro atoms. The largest absolute Gasteiger partial charge is 0.493 e. The molecule has 3 N–H and O–H groups in total. The third-order valence-electron chi connectivity index (χ3n) is 7.51. The Kier molecular flexibility index (Phi) is 9.67. The summed E-state index contributed by atoms with van der Waals surface area (Å²) in [4.78, 5) is 23.8. The van der Waals surface area contributed by atoms with Crippen molar-refractivity contribution in [3.63, 3.8) is 0 Å². The number of hydrogen-bond acceptors (Lipinski definition) is 5. The summed E-state index contributed by atoms with van der Waals surface area (Å²) in [5.41, 5.74) is 0.465. The smallest absolute Gasteiger partial charge is 0.490 e. The second kappa shape index (κ2) is 12.5. The molecule has 1 heterocycles. The van der Waals surface area contributed by atoms with Crippen molar-refractivity contribution in [2.75, 3.05) is 33.1 Å². The summed E-state index contributed by atoms with van der Waals surface area (Å²) in [6.45, 7) is 0.947. The first kappa shape index (κ1) is 31.8. The third-order valence-corrected chi connectivity index (χ3v) is 7.51. The fourth-order valence-electron chi connectivity index (χ4n) is 5.52. The maximum absolute atomic E-state index is 13.0. The maximum Gasteiger partial charge on any atom is 0.490 e. The number of anilines is 1. The summed E-state index contributed by atoms with van der Waals surface area (Å²) in [5.74, 6) is -1.37. The lowest BCUT2D eigenvalue weighted by molar-refractivity contribution is -0.192. The Morgan fingerprint density at radius 2 is 1.66 bits per heavy atom. The average molecular weight is 592 g/mol. The van der Waals surface area contributed by atoms with E-state index in [-0.39, 0.29) is 23.2 Å². The molecule has 4 rings (SSSR count). The van der Waals surface area contributed by atoms with Crippen LogP contribution in [0.4, 0.5) is 36.8 Å². The van der Waals surface area contributed by atoms with Crippen LogP contribution in [0.3, 0.4) is 0 Å². The summed E-state index contributed by atoms with van der Waals surface area (Å²) < 4.78 is 81.5. The molecule has 0 radical (unpaired) electrons. The number of nitrogens with zero attached hydrogens (tertiary/aromatic N) is 1. The van der Waals surface area contributed by atoms with Gasteiger partial charge in [0.1, 0.15) is 0 Å². The molecule has 1 saturated carbocycles. The number of hydrogen-bond donors (Lipinski definition) is 3. The van der Waals surface area contributed by atoms with Crippen LogP contribution in [-0.2, 0) is 16.4 Å². The number of alkyl halides is 6. The Bertz CT molecular complexity index is 1240. The number of carbonyl (C=O) groups excluding carboxylic acids is 1. The van der Waals surface area contributed by atoms with Gasteiger partial charge in [0.05, 0.1) is 19.8 Å². The first-order chi connectivity index (χ1) is 19.1. The van der Waals surface area contributed by atoms with Gasteiger partial charge in [0.2, 0.25) is 0 Å². The monoisotopic (exact) mass is 591 g/mol. The van der Waals surface area contributed by atoms with E-state index in [1.165, 1.54) is 17.7 Å². The zero-order chi connectivity index (χ0) is 30.6. The van der Waals surface area contributed by atoms with Crippen LogP contribution in [0, 0.1) is 0 Å². The van der Waals surface area contributed by atoms with E-state index in [4.69, 9.17) is 19.4 Å². The van der Waals surface area contributed by atoms with E-state index in [1.54, 1.807) is 14.2 Å². The van der Waals surface area contributed by atoms with Crippen molar-refractivity contribution >= 4 is 17.7 Å². The molecule has 1 saturated heterocycles. The highest BCUT2D eigenvalue weighted by molar-refractivity contribution is 5.89. The van der Waals surface area contributed by atoms with Gasteiger partial charge in [0.15, 0.2) is 11.5 Å². The molecular formula is C27H31F6N3O5. The number of carbonyl (C=O) groups is 2. The van der Waals surface area contributed by atoms with E-state index in [0.717, 1.165) is 44.4 Å². The SMILES string of the molecule is COc1ccc(C23CCC(NC(=O)Nc4cccc(C(F)(F)F)c4)CC2N(C)CC3)cc1OC.O=C(O)C(F)(F)F. The second-order valence-corrected chi connectivity index (χ2v) is 9.92. The van der Waals surface area contributed by atoms with Gasteiger partial charge in [-0.2, -0.15) is 26.3 Å². The number of carboxylic acid groups (broad SMARTS) is 1. The van der Waals surface area contributed by atoms with Gasteiger partial charge < -0.3 is 30.1 Å². The van der Waals surface area contributed by atoms with Gasteiger partial charge in [-0.05, 0) is 75.2 Å². The zero-order valence-electron chi connectivity index (χ0n) is 22.5. The molecule has 8 nitrogen and oxygen atoms in total. The fourth-order valence-corrected chi connectivity index (χ4v) is 5.52. The highest BCUT2D eigenvalue weighted by Gasteiger charge is 2.50. The minimum absolute atomic E-state index is 0.0516. The van der Waals surface area contributed by atoms with Crippen molar-refractivity contribution in [1.82, 2.24) is 10.2 Å². The van der Waals surface area contributed by atoms with Crippen molar-refractivity contribution in [1.29, 1.82) is 0 Å². The Hall–Kier alpha value is -3.68. The van der Waals surface area contributed by atoms with Crippen LogP contribution in [-0.4, -0.2) is 68.1 Å². The second-order valence-electron chi connectivity index (χ2n) is 9.92. The highest BCUT2D eigenvalue weighted by Crippen LogP contribution is 2.49. The van der Waals surface area contributed by atoms with Crippen LogP contribution in [0.5, 0.6) is 11.5 Å². The Morgan fingerprint density at radius 1 is 1.00 bits per heavy atom. The van der Waals surface area contributed by atoms with Gasteiger partial charge >= 0.3 is 24.4 Å². The van der Waals surface area contributed by atoms with Crippen LogP contribution < -0.4 is 20.1 Å². The number of methoxy groups -OCH3 is 2. The van der Waals surface area contributed by atoms with Crippen LogP contribution >= 0.6 is 0 Å². The normalized spacial score (nSPS) is 22.6. The lowest BCUT2D eigenvalue weighted by Gasteiger charge is -2.45. The van der Waals surface area contributed by atoms with Crippen LogP contribution in [0.25, 0.3) is 0 Å². The number of likely N-dealkylation sites (N-methyl/N-ethyl adjacent to an activating group) is 1. The summed E-state index contributed by atoms with van der Waals surface area (Å²) in [7, 11) is 5.34. The van der Waals surface area contributed by atoms with Crippen LogP contribution in [0.2, 0.25) is 0 Å². The molecule has 226 valence electrons. The van der Waals surface area contributed by atoms with E-state index < -0.39 is 29.9 Å². The van der Waals surface area contributed by atoms with Crippen molar-refractivity contribution < 1.29 is 50.5 Å². The molecule has 2 aliphatic rings. The van der Waals surface area contributed by atoms with Gasteiger partial charge in [-0.25, -0.2) is 9.59 Å². The predicted octanol–water partition coefficient (Wildman–Crippen LogP) is 5.67. The molecule has 0 bridgehead atoms. The summed E-state index contributed by atoms with van der Waals surface area (Å²) in [6.07, 6.45) is -6.13. The van der Waals surface area contributed by atoms with E-state index in [0.29, 0.717) is 11.5 Å². The Labute approximate surface area is 232 Å². The number of rotatable bonds is 5. The van der Waals surface area contributed by atoms with Gasteiger partial charge in [0, 0.05) is 23.2 Å². The number of likely N-dealkylation sites (tertiary alicyclic amines) is 1. The molecule has 2 amide bonds. The topological polar surface area (TPSA) is 100 Å². The molecule has 1 aliphatic heterocycles. The minimum Gasteiger partial charge on any atom is -0.493 e. The number of urea groups is 1. The molecule has 0 aromatic heterocycles. The first-order valence-electron chi connectivity index (χ1n) is 12.6. The summed E-state index contributed by atoms with van der Waals surface area (Å²) in [6, 6.07) is 10.4. The van der Waals surface area contributed by atoms with Gasteiger partial charge in [-0.15, -0.1) is 0 Å². The third kappa shape index (κ3) is 7.54. The van der Waals surface area contributed by atoms with Crippen molar-refractivity contribution in [2.45, 2.75) is 55.5 Å². The van der Waals surface area contributed by atoms with E-state index >= 15 is 0 Å². The zero-order valence-corrected chi connectivity index (χ0v) is 22.5. The molecule has 3 unspecified atom stereocenters. The van der Waals surface area contributed by atoms with Crippen molar-refractivity contribution in [3.8, 4) is 11.5 Å². The molecule has 1 aliphatic carbocycles. The number of ether oxygens (including phenoxy) is 2. The van der Waals surface area contributed by atoms with Gasteiger partial charge in [-0.1, -0.05) is 12.1 Å². The quantitative estimate of drug-likeness (QED) is 0.388. The number of aliphatic carboxylic acids is 1. The Morgan fingerprint density at radius 3 is 2.24 bits per heavy atom. The summed E-state index contributed by atoms with van der Waals surface area (Å²) in [5, 5.41) is 12.6. The van der Waals surface area contributed by atoms with E-state index in [1.807, 2.05) is 6.07 Å². The molecule has 2 fully saturated rings. The molecule has 14 heteroatoms. The standard InChI is InChI=1S/C25H30F3N3O3.C2HF3O2/c1-31-12-11-24(16-7-8-20(33-2)21(14-16)34-3)10-9-19(15-22(24)31)30-23(32)29-18-6-4-5-17(13-18)25(26,27)28;3-2(4,5)1(6)7/h4-8,13-14,19,22H,9-12,15H2,1-3H3,(H2,29,30,32);(H,6,7). The Balaban J connectivity index is 0.000000587. The van der Waals surface area contributed by atoms with Gasteiger partial charge in [0.25, 0.3) is 0 Å². The van der Waals surface area contributed by atoms with Crippen molar-refractivity contribution in [3.05, 3.63) is 53.6 Å². The number of carboxylic acids is 1. The van der Waals surface area contributed by atoms with E-state index in [2.05, 4.69) is 34.7 Å². The number of halogens is 6. The number of fused-ring (bicyclic) bond motifs is 1. The molecule has 2 aromatic carbocycles. The minimum atomic E-state index is -5.08. The molecule has 2 aromatic rings. The molecule has 3 atom stereocenters. The number of amides is 2.